The number of benzene rings is 3. The van der Waals surface area contributed by atoms with Crippen LogP contribution in [0.2, 0.25) is 0 Å². The number of amides is 2. The molecule has 3 aromatic carbocycles. The van der Waals surface area contributed by atoms with E-state index in [1.165, 1.54) is 16.7 Å². The molecule has 0 spiro atoms. The number of carbonyl (C=O) groups excluding carboxylic acids is 2. The van der Waals surface area contributed by atoms with Gasteiger partial charge in [0.2, 0.25) is 11.8 Å². The average Bonchev–Trinajstić information content (AvgIpc) is 2.85. The summed E-state index contributed by atoms with van der Waals surface area (Å²) < 4.78 is 0.981. The molecule has 0 aliphatic carbocycles. The van der Waals surface area contributed by atoms with Gasteiger partial charge in [-0.25, -0.2) is 0 Å². The number of nitrogens with zero attached hydrogens (tertiary/aromatic N) is 1. The lowest BCUT2D eigenvalue weighted by Gasteiger charge is -2.31. The molecule has 0 aromatic heterocycles. The summed E-state index contributed by atoms with van der Waals surface area (Å²) in [5.74, 6) is 0.937. The van der Waals surface area contributed by atoms with E-state index in [4.69, 9.17) is 0 Å². The zero-order chi connectivity index (χ0) is 25.9. The van der Waals surface area contributed by atoms with Crippen LogP contribution in [0.4, 0.5) is 0 Å². The summed E-state index contributed by atoms with van der Waals surface area (Å²) in [6, 6.07) is 23.8. The van der Waals surface area contributed by atoms with Crippen molar-refractivity contribution in [2.75, 3.05) is 12.3 Å². The molecular weight excluding hydrogens is 532 g/mol. The predicted octanol–water partition coefficient (Wildman–Crippen LogP) is 6.47. The van der Waals surface area contributed by atoms with Gasteiger partial charge >= 0.3 is 0 Å². The molecule has 0 fully saturated rings. The fourth-order valence-corrected chi connectivity index (χ4v) is 5.31. The van der Waals surface area contributed by atoms with Crippen molar-refractivity contribution in [3.05, 3.63) is 105 Å². The molecule has 0 bridgehead atoms. The predicted molar refractivity (Wildman–Crippen MR) is 154 cm³/mol. The van der Waals surface area contributed by atoms with Gasteiger partial charge in [-0.2, -0.15) is 0 Å². The summed E-state index contributed by atoms with van der Waals surface area (Å²) in [6.07, 6.45) is 1.32. The quantitative estimate of drug-likeness (QED) is 0.273. The smallest absolute Gasteiger partial charge is 0.243 e. The van der Waals surface area contributed by atoms with Gasteiger partial charge < -0.3 is 10.2 Å². The van der Waals surface area contributed by atoms with Crippen molar-refractivity contribution in [3.63, 3.8) is 0 Å². The van der Waals surface area contributed by atoms with E-state index < -0.39 is 6.04 Å². The van der Waals surface area contributed by atoms with E-state index in [9.17, 15) is 9.59 Å². The second-order valence-electron chi connectivity index (χ2n) is 9.13. The van der Waals surface area contributed by atoms with Crippen LogP contribution in [0.15, 0.2) is 77.3 Å². The molecule has 2 amide bonds. The zero-order valence-electron chi connectivity index (χ0n) is 21.3. The highest BCUT2D eigenvalue weighted by atomic mass is 79.9. The lowest BCUT2D eigenvalue weighted by atomic mass is 10.0. The number of carbonyl (C=O) groups is 2. The number of hydrogen-bond donors (Lipinski definition) is 1. The van der Waals surface area contributed by atoms with Crippen LogP contribution in [0.25, 0.3) is 0 Å². The first-order valence-corrected chi connectivity index (χ1v) is 14.3. The van der Waals surface area contributed by atoms with Crippen molar-refractivity contribution in [2.45, 2.75) is 52.0 Å². The molecule has 36 heavy (non-hydrogen) atoms. The molecule has 1 N–H and O–H groups in total. The molecule has 190 valence electrons. The molecule has 1 atom stereocenters. The third kappa shape index (κ3) is 8.82. The van der Waals surface area contributed by atoms with Gasteiger partial charge in [-0.15, -0.1) is 11.8 Å². The second-order valence-corrected chi connectivity index (χ2v) is 11.0. The largest absolute Gasteiger partial charge is 0.354 e. The summed E-state index contributed by atoms with van der Waals surface area (Å²) in [5, 5.41) is 3.03. The summed E-state index contributed by atoms with van der Waals surface area (Å²) >= 11 is 5.08. The number of hydrogen-bond acceptors (Lipinski definition) is 3. The molecule has 4 nitrogen and oxygen atoms in total. The number of halogens is 1. The third-order valence-electron chi connectivity index (χ3n) is 5.86. The van der Waals surface area contributed by atoms with E-state index in [0.29, 0.717) is 25.3 Å². The molecule has 6 heteroatoms. The minimum Gasteiger partial charge on any atom is -0.354 e. The SMILES string of the molecule is CCCNC(=O)[C@@H](Cc1ccccc1)N(Cc1ccc(Br)cc1)C(=O)CSCc1cc(C)cc(C)c1. The van der Waals surface area contributed by atoms with Crippen molar-refractivity contribution in [1.82, 2.24) is 10.2 Å². The maximum absolute atomic E-state index is 13.7. The average molecular weight is 568 g/mol. The molecule has 0 aliphatic rings. The van der Waals surface area contributed by atoms with Crippen molar-refractivity contribution in [2.24, 2.45) is 0 Å². The molecule has 0 saturated heterocycles. The lowest BCUT2D eigenvalue weighted by Crippen LogP contribution is -2.51. The Balaban J connectivity index is 1.83. The normalized spacial score (nSPS) is 11.7. The molecule has 0 unspecified atom stereocenters. The highest BCUT2D eigenvalue weighted by Crippen LogP contribution is 2.20. The number of thioether (sulfide) groups is 1. The van der Waals surface area contributed by atoms with Crippen LogP contribution in [0.3, 0.4) is 0 Å². The summed E-state index contributed by atoms with van der Waals surface area (Å²) in [6.45, 7) is 7.19. The first-order valence-electron chi connectivity index (χ1n) is 12.4. The molecule has 0 saturated carbocycles. The number of nitrogens with one attached hydrogen (secondary N) is 1. The highest BCUT2D eigenvalue weighted by Gasteiger charge is 2.30. The van der Waals surface area contributed by atoms with Crippen LogP contribution in [-0.2, 0) is 28.3 Å². The van der Waals surface area contributed by atoms with Crippen molar-refractivity contribution in [3.8, 4) is 0 Å². The van der Waals surface area contributed by atoms with Crippen LogP contribution in [0.1, 0.15) is 41.2 Å². The monoisotopic (exact) mass is 566 g/mol. The van der Waals surface area contributed by atoms with Gasteiger partial charge in [0.25, 0.3) is 0 Å². The van der Waals surface area contributed by atoms with Gasteiger partial charge in [0, 0.05) is 29.7 Å². The van der Waals surface area contributed by atoms with E-state index in [2.05, 4.69) is 53.3 Å². The zero-order valence-corrected chi connectivity index (χ0v) is 23.7. The Labute approximate surface area is 228 Å². The maximum Gasteiger partial charge on any atom is 0.243 e. The van der Waals surface area contributed by atoms with Gasteiger partial charge in [-0.3, -0.25) is 9.59 Å². The topological polar surface area (TPSA) is 49.4 Å². The van der Waals surface area contributed by atoms with Gasteiger partial charge in [0.1, 0.15) is 6.04 Å². The first-order chi connectivity index (χ1) is 17.4. The van der Waals surface area contributed by atoms with E-state index >= 15 is 0 Å². The Kier molecular flexibility index (Phi) is 11.1. The molecule has 0 aliphatic heterocycles. The van der Waals surface area contributed by atoms with Crippen LogP contribution in [0.5, 0.6) is 0 Å². The Bertz CT molecular complexity index is 1120. The van der Waals surface area contributed by atoms with Crippen LogP contribution in [0, 0.1) is 13.8 Å². The molecule has 3 aromatic rings. The first kappa shape index (κ1) is 28.0. The van der Waals surface area contributed by atoms with E-state index in [1.807, 2.05) is 61.5 Å². The Morgan fingerprint density at radius 1 is 0.917 bits per heavy atom. The Hall–Kier alpha value is -2.57. The number of rotatable bonds is 12. The van der Waals surface area contributed by atoms with E-state index in [1.54, 1.807) is 16.7 Å². The summed E-state index contributed by atoms with van der Waals surface area (Å²) in [7, 11) is 0. The van der Waals surface area contributed by atoms with Crippen molar-refractivity contribution < 1.29 is 9.59 Å². The summed E-state index contributed by atoms with van der Waals surface area (Å²) in [5.41, 5.74) is 5.69. The van der Waals surface area contributed by atoms with Crippen LogP contribution >= 0.6 is 27.7 Å². The van der Waals surface area contributed by atoms with Gasteiger partial charge in [-0.1, -0.05) is 94.6 Å². The van der Waals surface area contributed by atoms with E-state index in [0.717, 1.165) is 27.8 Å². The maximum atomic E-state index is 13.7. The highest BCUT2D eigenvalue weighted by molar-refractivity contribution is 9.10. The molecule has 3 rings (SSSR count). The second kappa shape index (κ2) is 14.2. The minimum atomic E-state index is -0.586. The Morgan fingerprint density at radius 3 is 2.22 bits per heavy atom. The van der Waals surface area contributed by atoms with Crippen LogP contribution < -0.4 is 5.32 Å². The van der Waals surface area contributed by atoms with Gasteiger partial charge in [-0.05, 0) is 49.1 Å². The van der Waals surface area contributed by atoms with Gasteiger partial charge in [0.15, 0.2) is 0 Å². The van der Waals surface area contributed by atoms with Crippen molar-refractivity contribution in [1.29, 1.82) is 0 Å². The standard InChI is InChI=1S/C30H35BrN2O2S/c1-4-14-32-30(35)28(18-24-8-6-5-7-9-24)33(19-25-10-12-27(31)13-11-25)29(34)21-36-20-26-16-22(2)15-23(3)17-26/h5-13,15-17,28H,4,14,18-21H2,1-3H3,(H,32,35)/t28-/m1/s1. The summed E-state index contributed by atoms with van der Waals surface area (Å²) in [4.78, 5) is 28.8. The lowest BCUT2D eigenvalue weighted by molar-refractivity contribution is -0.139. The Morgan fingerprint density at radius 2 is 1.58 bits per heavy atom. The van der Waals surface area contributed by atoms with Crippen LogP contribution in [-0.4, -0.2) is 35.1 Å². The van der Waals surface area contributed by atoms with Crippen molar-refractivity contribution >= 4 is 39.5 Å². The minimum absolute atomic E-state index is 0.0279. The molecule has 0 radical (unpaired) electrons. The van der Waals surface area contributed by atoms with Gasteiger partial charge in [0.05, 0.1) is 5.75 Å². The fraction of sp³-hybridized carbons (Fsp3) is 0.333. The van der Waals surface area contributed by atoms with E-state index in [-0.39, 0.29) is 11.8 Å². The number of aryl methyl sites for hydroxylation is 2. The molecule has 0 heterocycles. The third-order valence-corrected chi connectivity index (χ3v) is 7.38. The fourth-order valence-electron chi connectivity index (χ4n) is 4.20. The molecular formula is C30H35BrN2O2S.